The number of benzene rings is 2. The second-order valence-corrected chi connectivity index (χ2v) is 8.36. The summed E-state index contributed by atoms with van der Waals surface area (Å²) >= 11 is 6.24. The Morgan fingerprint density at radius 3 is 2.42 bits per heavy atom. The van der Waals surface area contributed by atoms with E-state index in [0.717, 1.165) is 5.56 Å². The van der Waals surface area contributed by atoms with Crippen LogP contribution in [0.3, 0.4) is 0 Å². The van der Waals surface area contributed by atoms with E-state index >= 15 is 0 Å². The van der Waals surface area contributed by atoms with Gasteiger partial charge in [-0.25, -0.2) is 8.42 Å². The van der Waals surface area contributed by atoms with Crippen molar-refractivity contribution in [2.24, 2.45) is 0 Å². The topological polar surface area (TPSA) is 76.4 Å². The van der Waals surface area contributed by atoms with Crippen molar-refractivity contribution in [2.45, 2.75) is 32.6 Å². The van der Waals surface area contributed by atoms with Crippen LogP contribution in [0.15, 0.2) is 39.6 Å². The van der Waals surface area contributed by atoms with Gasteiger partial charge in [0.15, 0.2) is 11.4 Å². The van der Waals surface area contributed by atoms with E-state index in [-0.39, 0.29) is 21.4 Å². The van der Waals surface area contributed by atoms with E-state index in [2.05, 4.69) is 4.72 Å². The van der Waals surface area contributed by atoms with Gasteiger partial charge in [-0.1, -0.05) is 29.3 Å². The van der Waals surface area contributed by atoms with E-state index in [1.165, 1.54) is 13.0 Å². The first-order chi connectivity index (χ1) is 12.1. The van der Waals surface area contributed by atoms with E-state index in [1.807, 2.05) is 6.92 Å². The maximum atomic E-state index is 12.8. The van der Waals surface area contributed by atoms with E-state index < -0.39 is 10.0 Å². The SMILES string of the molecule is CC(=O)c1c(C)oc2c(Cl)cc(NS(=O)(=O)c3ccc(C)cc3C)cc12. The summed E-state index contributed by atoms with van der Waals surface area (Å²) in [6, 6.07) is 8.15. The lowest BCUT2D eigenvalue weighted by atomic mass is 10.1. The largest absolute Gasteiger partial charge is 0.459 e. The number of furan rings is 1. The van der Waals surface area contributed by atoms with Crippen LogP contribution in [0.25, 0.3) is 11.0 Å². The number of carbonyl (C=O) groups excluding carboxylic acids is 1. The molecular formula is C19H18ClNO4S. The van der Waals surface area contributed by atoms with Crippen molar-refractivity contribution in [3.63, 3.8) is 0 Å². The average molecular weight is 392 g/mol. The molecule has 0 aliphatic heterocycles. The molecule has 0 aliphatic rings. The number of hydrogen-bond acceptors (Lipinski definition) is 4. The Morgan fingerprint density at radius 1 is 1.12 bits per heavy atom. The number of rotatable bonds is 4. The fourth-order valence-electron chi connectivity index (χ4n) is 3.08. The molecule has 26 heavy (non-hydrogen) atoms. The predicted octanol–water partition coefficient (Wildman–Crippen LogP) is 5.01. The van der Waals surface area contributed by atoms with Crippen LogP contribution in [-0.4, -0.2) is 14.2 Å². The zero-order chi connectivity index (χ0) is 19.2. The minimum atomic E-state index is -3.80. The maximum Gasteiger partial charge on any atom is 0.262 e. The number of carbonyl (C=O) groups is 1. The molecule has 0 atom stereocenters. The molecule has 0 radical (unpaired) electrons. The van der Waals surface area contributed by atoms with Gasteiger partial charge in [-0.15, -0.1) is 0 Å². The zero-order valence-electron chi connectivity index (χ0n) is 14.8. The van der Waals surface area contributed by atoms with Crippen molar-refractivity contribution in [3.8, 4) is 0 Å². The Bertz CT molecular complexity index is 1150. The molecule has 7 heteroatoms. The van der Waals surface area contributed by atoms with E-state index in [9.17, 15) is 13.2 Å². The number of nitrogens with one attached hydrogen (secondary N) is 1. The zero-order valence-corrected chi connectivity index (χ0v) is 16.4. The molecular weight excluding hydrogens is 374 g/mol. The van der Waals surface area contributed by atoms with E-state index in [4.69, 9.17) is 16.0 Å². The molecule has 1 heterocycles. The molecule has 1 aromatic heterocycles. The molecule has 0 unspecified atom stereocenters. The third-order valence-electron chi connectivity index (χ3n) is 4.14. The Hall–Kier alpha value is -2.31. The summed E-state index contributed by atoms with van der Waals surface area (Å²) in [6.45, 7) is 6.74. The van der Waals surface area contributed by atoms with Gasteiger partial charge in [0.2, 0.25) is 0 Å². The van der Waals surface area contributed by atoms with Gasteiger partial charge in [-0.3, -0.25) is 9.52 Å². The maximum absolute atomic E-state index is 12.8. The molecule has 3 rings (SSSR count). The minimum Gasteiger partial charge on any atom is -0.459 e. The van der Waals surface area contributed by atoms with Crippen LogP contribution in [0, 0.1) is 20.8 Å². The van der Waals surface area contributed by atoms with Gasteiger partial charge in [0.25, 0.3) is 10.0 Å². The highest BCUT2D eigenvalue weighted by atomic mass is 35.5. The molecule has 5 nitrogen and oxygen atoms in total. The van der Waals surface area contributed by atoms with E-state index in [0.29, 0.717) is 27.9 Å². The Morgan fingerprint density at radius 2 is 1.81 bits per heavy atom. The second kappa shape index (κ2) is 6.45. The molecule has 0 saturated heterocycles. The quantitative estimate of drug-likeness (QED) is 0.634. The number of anilines is 1. The number of hydrogen-bond donors (Lipinski definition) is 1. The summed E-state index contributed by atoms with van der Waals surface area (Å²) in [5.41, 5.74) is 2.66. The average Bonchev–Trinajstić information content (AvgIpc) is 2.83. The van der Waals surface area contributed by atoms with Gasteiger partial charge in [-0.05, 0) is 51.5 Å². The lowest BCUT2D eigenvalue weighted by Gasteiger charge is -2.11. The van der Waals surface area contributed by atoms with Gasteiger partial charge in [-0.2, -0.15) is 0 Å². The van der Waals surface area contributed by atoms with Gasteiger partial charge >= 0.3 is 0 Å². The fourth-order valence-corrected chi connectivity index (χ4v) is 4.61. The molecule has 0 amide bonds. The molecule has 136 valence electrons. The Kier molecular flexibility index (Phi) is 4.58. The second-order valence-electron chi connectivity index (χ2n) is 6.30. The summed E-state index contributed by atoms with van der Waals surface area (Å²) in [7, 11) is -3.80. The molecule has 0 spiro atoms. The molecule has 0 bridgehead atoms. The molecule has 3 aromatic rings. The van der Waals surface area contributed by atoms with Gasteiger partial charge in [0.05, 0.1) is 21.2 Å². The van der Waals surface area contributed by atoms with Crippen LogP contribution < -0.4 is 4.72 Å². The summed E-state index contributed by atoms with van der Waals surface area (Å²) in [5, 5.41) is 0.720. The van der Waals surface area contributed by atoms with Crippen LogP contribution in [0.4, 0.5) is 5.69 Å². The summed E-state index contributed by atoms with van der Waals surface area (Å²) in [5.74, 6) is 0.274. The van der Waals surface area contributed by atoms with Gasteiger partial charge in [0, 0.05) is 5.39 Å². The lowest BCUT2D eigenvalue weighted by Crippen LogP contribution is -2.14. The van der Waals surface area contributed by atoms with Gasteiger partial charge in [0.1, 0.15) is 5.76 Å². The van der Waals surface area contributed by atoms with Crippen molar-refractivity contribution in [2.75, 3.05) is 4.72 Å². The molecule has 2 aromatic carbocycles. The van der Waals surface area contributed by atoms with Crippen LogP contribution in [-0.2, 0) is 10.0 Å². The summed E-state index contributed by atoms with van der Waals surface area (Å²) < 4.78 is 33.6. The minimum absolute atomic E-state index is 0.174. The number of halogens is 1. The highest BCUT2D eigenvalue weighted by Gasteiger charge is 2.21. The third-order valence-corrected chi connectivity index (χ3v) is 5.97. The Balaban J connectivity index is 2.11. The molecule has 1 N–H and O–H groups in total. The standard InChI is InChI=1S/C19H18ClNO4S/c1-10-5-6-17(11(2)7-10)26(23,24)21-14-8-15-18(12(3)22)13(4)25-19(15)16(20)9-14/h5-9,21H,1-4H3. The predicted molar refractivity (Wildman–Crippen MR) is 103 cm³/mol. The number of fused-ring (bicyclic) bond motifs is 1. The molecule has 0 saturated carbocycles. The summed E-state index contributed by atoms with van der Waals surface area (Å²) in [6.07, 6.45) is 0. The molecule has 0 aliphatic carbocycles. The van der Waals surface area contributed by atoms with Crippen molar-refractivity contribution >= 4 is 44.1 Å². The van der Waals surface area contributed by atoms with E-state index in [1.54, 1.807) is 38.1 Å². The number of sulfonamides is 1. The number of ketones is 1. The van der Waals surface area contributed by atoms with Crippen molar-refractivity contribution in [1.82, 2.24) is 0 Å². The monoisotopic (exact) mass is 391 g/mol. The smallest absolute Gasteiger partial charge is 0.262 e. The fraction of sp³-hybridized carbons (Fsp3) is 0.211. The normalized spacial score (nSPS) is 11.7. The van der Waals surface area contributed by atoms with Crippen LogP contribution in [0.5, 0.6) is 0 Å². The van der Waals surface area contributed by atoms with Gasteiger partial charge < -0.3 is 4.42 Å². The Labute approximate surface area is 157 Å². The third kappa shape index (κ3) is 3.22. The highest BCUT2D eigenvalue weighted by Crippen LogP contribution is 2.35. The molecule has 0 fully saturated rings. The van der Waals surface area contributed by atoms with Crippen molar-refractivity contribution in [3.05, 3.63) is 57.8 Å². The number of Topliss-reactive ketones (excluding diaryl/α,β-unsaturated/α-hetero) is 1. The highest BCUT2D eigenvalue weighted by molar-refractivity contribution is 7.92. The first-order valence-electron chi connectivity index (χ1n) is 7.94. The summed E-state index contributed by atoms with van der Waals surface area (Å²) in [4.78, 5) is 12.1. The van der Waals surface area contributed by atoms with Crippen LogP contribution >= 0.6 is 11.6 Å². The first-order valence-corrected chi connectivity index (χ1v) is 9.80. The number of aryl methyl sites for hydroxylation is 3. The first kappa shape index (κ1) is 18.5. The van der Waals surface area contributed by atoms with Crippen molar-refractivity contribution < 1.29 is 17.6 Å². The lowest BCUT2D eigenvalue weighted by molar-refractivity contribution is 0.101. The van der Waals surface area contributed by atoms with Crippen LogP contribution in [0.2, 0.25) is 5.02 Å². The van der Waals surface area contributed by atoms with Crippen LogP contribution in [0.1, 0.15) is 34.2 Å². The van der Waals surface area contributed by atoms with Crippen molar-refractivity contribution in [1.29, 1.82) is 0 Å².